The van der Waals surface area contributed by atoms with Crippen LogP contribution in [-0.4, -0.2) is 23.3 Å². The quantitative estimate of drug-likeness (QED) is 0.181. The van der Waals surface area contributed by atoms with E-state index in [1.807, 2.05) is 0 Å². The Morgan fingerprint density at radius 3 is 1.61 bits per heavy atom. The van der Waals surface area contributed by atoms with Crippen LogP contribution in [0.15, 0.2) is 243 Å². The molecule has 1 aliphatic rings. The molecular weight excluding hydrogens is 853 g/mol. The third-order valence-electron chi connectivity index (χ3n) is 14.6. The van der Waals surface area contributed by atoms with Gasteiger partial charge in [0, 0.05) is 65.7 Å². The average Bonchev–Trinajstić information content (AvgIpc) is 4.16. The first-order chi connectivity index (χ1) is 34.8. The largest absolute Gasteiger partial charge is 0.361 e. The summed E-state index contributed by atoms with van der Waals surface area (Å²) in [6, 6.07) is 81.2. The normalized spacial score (nSPS) is 14.0. The van der Waals surface area contributed by atoms with Crippen LogP contribution in [0.5, 0.6) is 0 Å². The van der Waals surface area contributed by atoms with Gasteiger partial charge in [0.15, 0.2) is 0 Å². The van der Waals surface area contributed by atoms with Crippen molar-refractivity contribution < 1.29 is 0 Å². The van der Waals surface area contributed by atoms with Gasteiger partial charge in [-0.05, 0) is 84.4 Å². The van der Waals surface area contributed by atoms with E-state index >= 15 is 0 Å². The fourth-order valence-corrected chi connectivity index (χ4v) is 11.7. The molecule has 0 fully saturated rings. The van der Waals surface area contributed by atoms with Gasteiger partial charge in [0.1, 0.15) is 12.0 Å². The molecule has 328 valence electrons. The number of nitrogens with one attached hydrogen (secondary N) is 1. The van der Waals surface area contributed by atoms with Crippen molar-refractivity contribution in [3.05, 3.63) is 248 Å². The molecule has 70 heavy (non-hydrogen) atoms. The SMILES string of the molecule is C1=CC(n2c3ccccc3c3c4c(ccc32)c2ccccc2n4-c2cccc(-n3c4ccccc4c4c3ccc3c5ccccc5n(-c5cccc(-c6ccccc6)n5)c34)c2)NC(c2ccccc2)=C1. The lowest BCUT2D eigenvalue weighted by molar-refractivity contribution is 0.589. The third kappa shape index (κ3) is 5.59. The summed E-state index contributed by atoms with van der Waals surface area (Å²) in [4.78, 5) is 5.35. The van der Waals surface area contributed by atoms with Crippen molar-refractivity contribution in [3.63, 3.8) is 0 Å². The van der Waals surface area contributed by atoms with Gasteiger partial charge in [0.2, 0.25) is 0 Å². The van der Waals surface area contributed by atoms with Gasteiger partial charge in [-0.15, -0.1) is 0 Å². The van der Waals surface area contributed by atoms with Crippen molar-refractivity contribution in [1.82, 2.24) is 28.6 Å². The molecule has 0 spiro atoms. The van der Waals surface area contributed by atoms with E-state index in [0.29, 0.717) is 0 Å². The Morgan fingerprint density at radius 1 is 0.371 bits per heavy atom. The first-order valence-electron chi connectivity index (χ1n) is 24.0. The number of hydrogen-bond donors (Lipinski definition) is 1. The van der Waals surface area contributed by atoms with Gasteiger partial charge < -0.3 is 19.0 Å². The molecule has 5 aromatic heterocycles. The zero-order valence-corrected chi connectivity index (χ0v) is 37.9. The number of aromatic nitrogens is 5. The van der Waals surface area contributed by atoms with E-state index in [1.54, 1.807) is 0 Å². The van der Waals surface area contributed by atoms with Gasteiger partial charge in [-0.1, -0.05) is 164 Å². The fourth-order valence-electron chi connectivity index (χ4n) is 11.7. The highest BCUT2D eigenvalue weighted by molar-refractivity contribution is 6.27. The molecule has 0 aliphatic carbocycles. The molecule has 0 amide bonds. The first kappa shape index (κ1) is 38.7. The summed E-state index contributed by atoms with van der Waals surface area (Å²) in [5.74, 6) is 0.890. The van der Waals surface area contributed by atoms with Crippen molar-refractivity contribution in [2.45, 2.75) is 6.17 Å². The van der Waals surface area contributed by atoms with Gasteiger partial charge in [-0.3, -0.25) is 4.57 Å². The van der Waals surface area contributed by atoms with Crippen LogP contribution in [-0.2, 0) is 0 Å². The molecule has 1 aliphatic heterocycles. The Kier molecular flexibility index (Phi) is 8.32. The Hall–Kier alpha value is -9.39. The van der Waals surface area contributed by atoms with Crippen molar-refractivity contribution in [2.24, 2.45) is 0 Å². The molecule has 1 unspecified atom stereocenters. The summed E-state index contributed by atoms with van der Waals surface area (Å²) >= 11 is 0. The van der Waals surface area contributed by atoms with Crippen LogP contribution in [0.4, 0.5) is 0 Å². The van der Waals surface area contributed by atoms with Gasteiger partial charge in [-0.2, -0.15) is 0 Å². The number of hydrogen-bond acceptors (Lipinski definition) is 2. The van der Waals surface area contributed by atoms with E-state index in [0.717, 1.165) is 56.2 Å². The van der Waals surface area contributed by atoms with Crippen LogP contribution in [0.25, 0.3) is 121 Å². The van der Waals surface area contributed by atoms with E-state index in [4.69, 9.17) is 4.98 Å². The van der Waals surface area contributed by atoms with E-state index in [9.17, 15) is 0 Å². The summed E-state index contributed by atoms with van der Waals surface area (Å²) in [5.41, 5.74) is 15.8. The van der Waals surface area contributed by atoms with E-state index in [-0.39, 0.29) is 6.17 Å². The standard InChI is InChI=1S/C64H42N6/c1-3-18-41(19-4-1)51-28-16-34-59(65-51)69-56-33-14-10-27-50(56)62-58(69)39-37-47-45-24-7-11-30-53(45)68(63(47)62)44-23-15-22-43(40-44)67-55-32-13-9-26-49(55)61-57(67)38-36-48-46-25-8-12-31-54(46)70(64(48)61)60-35-17-29-52(66-60)42-20-5-2-6-21-42/h1-40,59,65H. The highest BCUT2D eigenvalue weighted by Gasteiger charge is 2.25. The van der Waals surface area contributed by atoms with E-state index in [2.05, 4.69) is 266 Å². The van der Waals surface area contributed by atoms with Gasteiger partial charge >= 0.3 is 0 Å². The van der Waals surface area contributed by atoms with E-state index in [1.165, 1.54) is 70.7 Å². The maximum Gasteiger partial charge on any atom is 0.138 e. The minimum atomic E-state index is -0.0923. The highest BCUT2D eigenvalue weighted by Crippen LogP contribution is 2.45. The predicted octanol–water partition coefficient (Wildman–Crippen LogP) is 15.8. The van der Waals surface area contributed by atoms with E-state index < -0.39 is 0 Å². The first-order valence-corrected chi connectivity index (χ1v) is 24.0. The van der Waals surface area contributed by atoms with Crippen molar-refractivity contribution in [3.8, 4) is 28.5 Å². The van der Waals surface area contributed by atoms with Gasteiger partial charge in [0.25, 0.3) is 0 Å². The Labute approximate surface area is 402 Å². The lowest BCUT2D eigenvalue weighted by atomic mass is 10.1. The monoisotopic (exact) mass is 894 g/mol. The minimum Gasteiger partial charge on any atom is -0.361 e. The second-order valence-corrected chi connectivity index (χ2v) is 18.3. The molecule has 9 aromatic carbocycles. The summed E-state index contributed by atoms with van der Waals surface area (Å²) in [6.07, 6.45) is 6.53. The third-order valence-corrected chi connectivity index (χ3v) is 14.6. The van der Waals surface area contributed by atoms with Crippen LogP contribution < -0.4 is 5.32 Å². The minimum absolute atomic E-state index is 0.0923. The van der Waals surface area contributed by atoms with Crippen LogP contribution in [0.3, 0.4) is 0 Å². The molecule has 1 atom stereocenters. The summed E-state index contributed by atoms with van der Waals surface area (Å²) in [5, 5.41) is 13.6. The van der Waals surface area contributed by atoms with Crippen LogP contribution >= 0.6 is 0 Å². The number of nitrogens with zero attached hydrogens (tertiary/aromatic N) is 5. The fraction of sp³-hybridized carbons (Fsp3) is 0.0156. The molecule has 0 bridgehead atoms. The summed E-state index contributed by atoms with van der Waals surface area (Å²) in [6.45, 7) is 0. The molecule has 0 radical (unpaired) electrons. The van der Waals surface area contributed by atoms with Gasteiger partial charge in [-0.25, -0.2) is 4.98 Å². The lowest BCUT2D eigenvalue weighted by Crippen LogP contribution is -2.25. The predicted molar refractivity (Wildman–Crippen MR) is 291 cm³/mol. The average molecular weight is 895 g/mol. The molecule has 0 saturated heterocycles. The molecule has 6 heteroatoms. The molecule has 14 aromatic rings. The second kappa shape index (κ2) is 15.1. The van der Waals surface area contributed by atoms with Crippen LogP contribution in [0.2, 0.25) is 0 Å². The smallest absolute Gasteiger partial charge is 0.138 e. The molecule has 6 heterocycles. The number of dihydropyridines is 1. The number of rotatable bonds is 6. The molecule has 0 saturated carbocycles. The Bertz CT molecular complexity index is 4500. The highest BCUT2D eigenvalue weighted by atomic mass is 15.2. The topological polar surface area (TPSA) is 44.6 Å². The molecule has 1 N–H and O–H groups in total. The zero-order valence-electron chi connectivity index (χ0n) is 37.9. The molecular formula is C64H42N6. The zero-order chi connectivity index (χ0) is 45.9. The number of fused-ring (bicyclic) bond motifs is 14. The maximum absolute atomic E-state index is 5.35. The van der Waals surface area contributed by atoms with Crippen LogP contribution in [0.1, 0.15) is 11.7 Å². The molecule has 15 rings (SSSR count). The number of para-hydroxylation sites is 4. The second-order valence-electron chi connectivity index (χ2n) is 18.3. The summed E-state index contributed by atoms with van der Waals surface area (Å²) < 4.78 is 9.81. The Morgan fingerprint density at radius 2 is 0.900 bits per heavy atom. The number of pyridine rings is 1. The Balaban J connectivity index is 0.967. The number of allylic oxidation sites excluding steroid dienone is 2. The molecule has 6 nitrogen and oxygen atoms in total. The lowest BCUT2D eigenvalue weighted by Gasteiger charge is -2.25. The summed E-state index contributed by atoms with van der Waals surface area (Å²) in [7, 11) is 0. The van der Waals surface area contributed by atoms with Crippen molar-refractivity contribution in [1.29, 1.82) is 0 Å². The van der Waals surface area contributed by atoms with Crippen LogP contribution in [0, 0.1) is 0 Å². The number of benzene rings is 9. The van der Waals surface area contributed by atoms with Crippen molar-refractivity contribution >= 4 is 92.9 Å². The van der Waals surface area contributed by atoms with Gasteiger partial charge in [0.05, 0.1) is 49.8 Å². The van der Waals surface area contributed by atoms with Crippen molar-refractivity contribution in [2.75, 3.05) is 0 Å². The maximum atomic E-state index is 5.35.